The van der Waals surface area contributed by atoms with Crippen LogP contribution < -0.4 is 5.32 Å². The molecule has 0 aromatic heterocycles. The van der Waals surface area contributed by atoms with Gasteiger partial charge in [-0.15, -0.1) is 0 Å². The smallest absolute Gasteiger partial charge is 0.0615 e. The molecule has 0 aliphatic heterocycles. The Morgan fingerprint density at radius 3 is 2.25 bits per heavy atom. The molecule has 0 aromatic carbocycles. The van der Waals surface area contributed by atoms with Gasteiger partial charge in [0.2, 0.25) is 0 Å². The Bertz CT molecular complexity index is 174. The van der Waals surface area contributed by atoms with Gasteiger partial charge in [0, 0.05) is 19.2 Å². The van der Waals surface area contributed by atoms with E-state index in [2.05, 4.69) is 26.1 Å². The lowest BCUT2D eigenvalue weighted by Gasteiger charge is -2.33. The number of methoxy groups -OCH3 is 1. The van der Waals surface area contributed by atoms with Crippen molar-refractivity contribution in [3.05, 3.63) is 0 Å². The lowest BCUT2D eigenvalue weighted by molar-refractivity contribution is 0.146. The van der Waals surface area contributed by atoms with Crippen molar-refractivity contribution in [1.29, 1.82) is 0 Å². The minimum atomic E-state index is 0.547. The molecule has 1 aliphatic carbocycles. The fraction of sp³-hybridized carbons (Fsp3) is 1.00. The zero-order valence-corrected chi connectivity index (χ0v) is 11.5. The van der Waals surface area contributed by atoms with Gasteiger partial charge in [-0.2, -0.15) is 0 Å². The number of nitrogens with one attached hydrogen (secondary N) is 1. The van der Waals surface area contributed by atoms with Crippen LogP contribution in [0.1, 0.15) is 52.9 Å². The first-order chi connectivity index (χ1) is 7.67. The molecular weight excluding hydrogens is 198 g/mol. The first-order valence-corrected chi connectivity index (χ1v) is 6.92. The van der Waals surface area contributed by atoms with E-state index in [9.17, 15) is 0 Å². The van der Waals surface area contributed by atoms with Crippen molar-refractivity contribution in [2.45, 2.75) is 65.0 Å². The maximum absolute atomic E-state index is 5.23. The zero-order valence-electron chi connectivity index (χ0n) is 11.5. The number of hydrogen-bond donors (Lipinski definition) is 1. The van der Waals surface area contributed by atoms with Crippen molar-refractivity contribution < 1.29 is 4.74 Å². The highest BCUT2D eigenvalue weighted by Crippen LogP contribution is 2.30. The fourth-order valence-electron chi connectivity index (χ4n) is 2.77. The molecule has 2 heteroatoms. The molecule has 1 atom stereocenters. The molecule has 1 unspecified atom stereocenters. The second-order valence-electron chi connectivity index (χ2n) is 5.58. The van der Waals surface area contributed by atoms with E-state index >= 15 is 0 Å². The van der Waals surface area contributed by atoms with E-state index in [1.165, 1.54) is 25.7 Å². The molecule has 1 fully saturated rings. The normalized spacial score (nSPS) is 28.3. The Morgan fingerprint density at radius 2 is 1.81 bits per heavy atom. The maximum atomic E-state index is 5.23. The lowest BCUT2D eigenvalue weighted by atomic mass is 9.79. The van der Waals surface area contributed by atoms with Crippen LogP contribution in [0.2, 0.25) is 0 Å². The predicted octanol–water partition coefficient (Wildman–Crippen LogP) is 3.22. The summed E-state index contributed by atoms with van der Waals surface area (Å²) in [7, 11) is 1.79. The monoisotopic (exact) mass is 227 g/mol. The van der Waals surface area contributed by atoms with Crippen LogP contribution in [0, 0.1) is 11.8 Å². The summed E-state index contributed by atoms with van der Waals surface area (Å²) in [6, 6.07) is 1.28. The van der Waals surface area contributed by atoms with E-state index in [0.717, 1.165) is 30.9 Å². The third-order valence-electron chi connectivity index (χ3n) is 4.05. The third kappa shape index (κ3) is 4.42. The molecule has 0 saturated heterocycles. The molecule has 0 bridgehead atoms. The Hall–Kier alpha value is -0.0800. The average molecular weight is 227 g/mol. The van der Waals surface area contributed by atoms with Gasteiger partial charge in [0.05, 0.1) is 6.61 Å². The summed E-state index contributed by atoms with van der Waals surface area (Å²) in [5.74, 6) is 1.82. The van der Waals surface area contributed by atoms with Crippen molar-refractivity contribution in [1.82, 2.24) is 5.32 Å². The van der Waals surface area contributed by atoms with Crippen LogP contribution in [0.4, 0.5) is 0 Å². The summed E-state index contributed by atoms with van der Waals surface area (Å²) >= 11 is 0. The largest absolute Gasteiger partial charge is 0.383 e. The quantitative estimate of drug-likeness (QED) is 0.752. The van der Waals surface area contributed by atoms with Crippen molar-refractivity contribution >= 4 is 0 Å². The van der Waals surface area contributed by atoms with Crippen LogP contribution in [0.3, 0.4) is 0 Å². The van der Waals surface area contributed by atoms with Crippen molar-refractivity contribution in [3.8, 4) is 0 Å². The van der Waals surface area contributed by atoms with Gasteiger partial charge in [0.15, 0.2) is 0 Å². The van der Waals surface area contributed by atoms with Crippen LogP contribution in [-0.2, 0) is 4.74 Å². The molecule has 0 aromatic rings. The van der Waals surface area contributed by atoms with Gasteiger partial charge in [-0.3, -0.25) is 0 Å². The molecule has 0 amide bonds. The molecule has 1 aliphatic rings. The molecule has 1 saturated carbocycles. The van der Waals surface area contributed by atoms with Gasteiger partial charge in [-0.05, 0) is 43.9 Å². The zero-order chi connectivity index (χ0) is 12.0. The summed E-state index contributed by atoms with van der Waals surface area (Å²) in [5.41, 5.74) is 0. The number of hydrogen-bond acceptors (Lipinski definition) is 2. The van der Waals surface area contributed by atoms with Gasteiger partial charge in [-0.25, -0.2) is 0 Å². The average Bonchev–Trinajstić information content (AvgIpc) is 2.29. The molecule has 1 rings (SSSR count). The van der Waals surface area contributed by atoms with E-state index < -0.39 is 0 Å². The van der Waals surface area contributed by atoms with Gasteiger partial charge in [0.1, 0.15) is 0 Å². The van der Waals surface area contributed by atoms with Gasteiger partial charge >= 0.3 is 0 Å². The SMILES string of the molecule is CCC(COC)NC1CCC(C(C)C)CC1. The van der Waals surface area contributed by atoms with Crippen LogP contribution in [-0.4, -0.2) is 25.8 Å². The van der Waals surface area contributed by atoms with E-state index in [0.29, 0.717) is 6.04 Å². The minimum Gasteiger partial charge on any atom is -0.383 e. The van der Waals surface area contributed by atoms with Gasteiger partial charge in [0.25, 0.3) is 0 Å². The van der Waals surface area contributed by atoms with Crippen molar-refractivity contribution in [2.24, 2.45) is 11.8 Å². The van der Waals surface area contributed by atoms with E-state index in [1.807, 2.05) is 0 Å². The van der Waals surface area contributed by atoms with Gasteiger partial charge < -0.3 is 10.1 Å². The molecular formula is C14H29NO. The molecule has 2 nitrogen and oxygen atoms in total. The summed E-state index contributed by atoms with van der Waals surface area (Å²) in [6.07, 6.45) is 6.67. The van der Waals surface area contributed by atoms with Crippen LogP contribution >= 0.6 is 0 Å². The van der Waals surface area contributed by atoms with E-state index in [-0.39, 0.29) is 0 Å². The molecule has 96 valence electrons. The van der Waals surface area contributed by atoms with Crippen LogP contribution in [0.25, 0.3) is 0 Å². The van der Waals surface area contributed by atoms with Crippen LogP contribution in [0.5, 0.6) is 0 Å². The Labute approximate surface area is 101 Å². The Kier molecular flexibility index (Phi) is 6.37. The van der Waals surface area contributed by atoms with E-state index in [1.54, 1.807) is 7.11 Å². The first-order valence-electron chi connectivity index (χ1n) is 6.92. The molecule has 0 spiro atoms. The number of ether oxygens (including phenoxy) is 1. The molecule has 1 N–H and O–H groups in total. The second kappa shape index (κ2) is 7.29. The Morgan fingerprint density at radius 1 is 1.19 bits per heavy atom. The highest BCUT2D eigenvalue weighted by Gasteiger charge is 2.24. The molecule has 0 radical (unpaired) electrons. The summed E-state index contributed by atoms with van der Waals surface area (Å²) in [6.45, 7) is 7.80. The standard InChI is InChI=1S/C14H29NO/c1-5-13(10-16-4)15-14-8-6-12(7-9-14)11(2)3/h11-15H,5-10H2,1-4H3. The van der Waals surface area contributed by atoms with Crippen molar-refractivity contribution in [2.75, 3.05) is 13.7 Å². The lowest BCUT2D eigenvalue weighted by Crippen LogP contribution is -2.42. The van der Waals surface area contributed by atoms with Crippen LogP contribution in [0.15, 0.2) is 0 Å². The predicted molar refractivity (Wildman–Crippen MR) is 69.7 cm³/mol. The molecule has 16 heavy (non-hydrogen) atoms. The summed E-state index contributed by atoms with van der Waals surface area (Å²) < 4.78 is 5.23. The third-order valence-corrected chi connectivity index (χ3v) is 4.05. The summed E-state index contributed by atoms with van der Waals surface area (Å²) in [5, 5.41) is 3.74. The number of rotatable bonds is 6. The Balaban J connectivity index is 2.25. The van der Waals surface area contributed by atoms with Crippen molar-refractivity contribution in [3.63, 3.8) is 0 Å². The highest BCUT2D eigenvalue weighted by molar-refractivity contribution is 4.81. The fourth-order valence-corrected chi connectivity index (χ4v) is 2.77. The maximum Gasteiger partial charge on any atom is 0.0615 e. The molecule has 0 heterocycles. The summed E-state index contributed by atoms with van der Waals surface area (Å²) in [4.78, 5) is 0. The first kappa shape index (κ1) is 14.0. The topological polar surface area (TPSA) is 21.3 Å². The van der Waals surface area contributed by atoms with Gasteiger partial charge in [-0.1, -0.05) is 20.8 Å². The van der Waals surface area contributed by atoms with E-state index in [4.69, 9.17) is 4.74 Å². The second-order valence-corrected chi connectivity index (χ2v) is 5.58. The minimum absolute atomic E-state index is 0.547. The highest BCUT2D eigenvalue weighted by atomic mass is 16.5.